The molecule has 0 saturated heterocycles. The lowest BCUT2D eigenvalue weighted by molar-refractivity contribution is 0.330. The van der Waals surface area contributed by atoms with E-state index in [-0.39, 0.29) is 0 Å². The van der Waals surface area contributed by atoms with Gasteiger partial charge in [0.05, 0.1) is 25.6 Å². The maximum absolute atomic E-state index is 5.44. The molecule has 0 aliphatic heterocycles. The molecule has 4 aromatic rings. The van der Waals surface area contributed by atoms with Crippen LogP contribution in [0.25, 0.3) is 11.5 Å². The molecule has 1 saturated carbocycles. The number of thioether (sulfide) groups is 1. The van der Waals surface area contributed by atoms with E-state index in [9.17, 15) is 0 Å². The molecule has 0 bridgehead atoms. The molecule has 1 aliphatic carbocycles. The zero-order valence-electron chi connectivity index (χ0n) is 18.6. The van der Waals surface area contributed by atoms with Gasteiger partial charge in [-0.1, -0.05) is 42.2 Å². The van der Waals surface area contributed by atoms with Crippen LogP contribution in [0.15, 0.2) is 62.8 Å². The van der Waals surface area contributed by atoms with Crippen LogP contribution < -0.4 is 10.1 Å². The monoisotopic (exact) mass is 465 g/mol. The second-order valence-corrected chi connectivity index (χ2v) is 9.04. The summed E-state index contributed by atoms with van der Waals surface area (Å²) in [5.74, 6) is 3.73. The van der Waals surface area contributed by atoms with Gasteiger partial charge in [0, 0.05) is 29.6 Å². The normalized spacial score (nSPS) is 14.5. The third kappa shape index (κ3) is 5.08. The van der Waals surface area contributed by atoms with Crippen LogP contribution in [0.5, 0.6) is 5.75 Å². The third-order valence-corrected chi connectivity index (χ3v) is 6.84. The average molecular weight is 466 g/mol. The SMILES string of the molecule is COc1cccc(NCc2nnc(SCc3cc(-c4ccco4)on3)n2C2CCCCC2)c1. The molecule has 0 atom stereocenters. The number of hydrogen-bond acceptors (Lipinski definition) is 8. The van der Waals surface area contributed by atoms with Gasteiger partial charge in [-0.2, -0.15) is 0 Å². The van der Waals surface area contributed by atoms with Gasteiger partial charge in [0.2, 0.25) is 5.76 Å². The number of ether oxygens (including phenoxy) is 1. The van der Waals surface area contributed by atoms with Gasteiger partial charge in [-0.25, -0.2) is 0 Å². The van der Waals surface area contributed by atoms with Crippen molar-refractivity contribution in [1.29, 1.82) is 0 Å². The highest BCUT2D eigenvalue weighted by molar-refractivity contribution is 7.98. The van der Waals surface area contributed by atoms with Crippen molar-refractivity contribution in [3.63, 3.8) is 0 Å². The van der Waals surface area contributed by atoms with E-state index in [1.165, 1.54) is 19.3 Å². The fourth-order valence-electron chi connectivity index (χ4n) is 4.20. The lowest BCUT2D eigenvalue weighted by atomic mass is 9.95. The number of benzene rings is 1. The van der Waals surface area contributed by atoms with Gasteiger partial charge < -0.3 is 23.6 Å². The first kappa shape index (κ1) is 21.6. The molecule has 3 heterocycles. The number of nitrogens with one attached hydrogen (secondary N) is 1. The summed E-state index contributed by atoms with van der Waals surface area (Å²) in [6.45, 7) is 0.601. The Morgan fingerprint density at radius 3 is 2.82 bits per heavy atom. The summed E-state index contributed by atoms with van der Waals surface area (Å²) in [4.78, 5) is 0. The molecule has 1 aromatic carbocycles. The molecular weight excluding hydrogens is 438 g/mol. The molecule has 0 amide bonds. The van der Waals surface area contributed by atoms with Crippen LogP contribution in [0.1, 0.15) is 49.7 Å². The Hall–Kier alpha value is -3.20. The fourth-order valence-corrected chi connectivity index (χ4v) is 5.10. The number of furan rings is 1. The molecule has 0 unspecified atom stereocenters. The van der Waals surface area contributed by atoms with Crippen LogP contribution in [0.2, 0.25) is 0 Å². The van der Waals surface area contributed by atoms with E-state index in [0.29, 0.717) is 29.9 Å². The largest absolute Gasteiger partial charge is 0.497 e. The summed E-state index contributed by atoms with van der Waals surface area (Å²) in [7, 11) is 1.68. The average Bonchev–Trinajstić information content (AvgIpc) is 3.63. The number of aromatic nitrogens is 4. The molecular formula is C24H27N5O3S. The van der Waals surface area contributed by atoms with Crippen molar-refractivity contribution in [2.24, 2.45) is 0 Å². The minimum absolute atomic E-state index is 0.425. The minimum atomic E-state index is 0.425. The molecule has 9 heteroatoms. The van der Waals surface area contributed by atoms with Crippen molar-refractivity contribution in [1.82, 2.24) is 19.9 Å². The van der Waals surface area contributed by atoms with E-state index in [2.05, 4.69) is 25.2 Å². The van der Waals surface area contributed by atoms with Crippen LogP contribution in [-0.4, -0.2) is 27.0 Å². The summed E-state index contributed by atoms with van der Waals surface area (Å²) in [5, 5.41) is 17.7. The lowest BCUT2D eigenvalue weighted by Crippen LogP contribution is -2.18. The van der Waals surface area contributed by atoms with E-state index in [0.717, 1.165) is 41.0 Å². The maximum atomic E-state index is 5.44. The number of methoxy groups -OCH3 is 1. The highest BCUT2D eigenvalue weighted by Gasteiger charge is 2.23. The minimum Gasteiger partial charge on any atom is -0.497 e. The molecule has 5 rings (SSSR count). The lowest BCUT2D eigenvalue weighted by Gasteiger charge is -2.25. The molecule has 172 valence electrons. The standard InChI is InChI=1S/C24H27N5O3S/c1-30-20-10-5-7-17(13-20)25-15-23-26-27-24(29(23)19-8-3-2-4-9-19)33-16-18-14-22(32-28-18)21-11-6-12-31-21/h5-7,10-14,19,25H,2-4,8-9,15-16H2,1H3. The first-order valence-corrected chi connectivity index (χ1v) is 12.2. The number of anilines is 1. The Morgan fingerprint density at radius 2 is 2.00 bits per heavy atom. The van der Waals surface area contributed by atoms with Crippen molar-refractivity contribution < 1.29 is 13.7 Å². The van der Waals surface area contributed by atoms with E-state index in [1.54, 1.807) is 25.1 Å². The molecule has 0 spiro atoms. The Morgan fingerprint density at radius 1 is 1.09 bits per heavy atom. The van der Waals surface area contributed by atoms with Gasteiger partial charge in [-0.15, -0.1) is 10.2 Å². The topological polar surface area (TPSA) is 91.1 Å². The predicted molar refractivity (Wildman–Crippen MR) is 126 cm³/mol. The van der Waals surface area contributed by atoms with Gasteiger partial charge in [-0.3, -0.25) is 0 Å². The molecule has 3 aromatic heterocycles. The summed E-state index contributed by atoms with van der Waals surface area (Å²) in [6.07, 6.45) is 7.72. The summed E-state index contributed by atoms with van der Waals surface area (Å²) in [5.41, 5.74) is 1.84. The highest BCUT2D eigenvalue weighted by atomic mass is 32.2. The van der Waals surface area contributed by atoms with Crippen LogP contribution in [0.3, 0.4) is 0 Å². The van der Waals surface area contributed by atoms with Crippen molar-refractivity contribution in [2.75, 3.05) is 12.4 Å². The number of rotatable bonds is 9. The molecule has 1 fully saturated rings. The number of nitrogens with zero attached hydrogens (tertiary/aromatic N) is 4. The summed E-state index contributed by atoms with van der Waals surface area (Å²) < 4.78 is 18.5. The Kier molecular flexibility index (Phi) is 6.66. The molecule has 1 N–H and O–H groups in total. The smallest absolute Gasteiger partial charge is 0.202 e. The van der Waals surface area contributed by atoms with Gasteiger partial charge >= 0.3 is 0 Å². The Balaban J connectivity index is 1.31. The van der Waals surface area contributed by atoms with Crippen molar-refractivity contribution in [2.45, 2.75) is 55.6 Å². The summed E-state index contributed by atoms with van der Waals surface area (Å²) in [6, 6.07) is 14.0. The van der Waals surface area contributed by atoms with Crippen molar-refractivity contribution >= 4 is 17.4 Å². The van der Waals surface area contributed by atoms with E-state index in [4.69, 9.17) is 13.7 Å². The predicted octanol–water partition coefficient (Wildman–Crippen LogP) is 5.94. The first-order valence-electron chi connectivity index (χ1n) is 11.2. The molecule has 8 nitrogen and oxygen atoms in total. The van der Waals surface area contributed by atoms with Crippen LogP contribution in [0, 0.1) is 0 Å². The molecule has 0 radical (unpaired) electrons. The zero-order chi connectivity index (χ0) is 22.5. The van der Waals surface area contributed by atoms with E-state index < -0.39 is 0 Å². The maximum Gasteiger partial charge on any atom is 0.202 e. The quantitative estimate of drug-likeness (QED) is 0.304. The third-order valence-electron chi connectivity index (χ3n) is 5.87. The molecule has 1 aliphatic rings. The van der Waals surface area contributed by atoms with E-state index in [1.807, 2.05) is 42.5 Å². The van der Waals surface area contributed by atoms with Gasteiger partial charge in [0.1, 0.15) is 5.75 Å². The second kappa shape index (κ2) is 10.2. The molecule has 33 heavy (non-hydrogen) atoms. The van der Waals surface area contributed by atoms with Gasteiger partial charge in [0.15, 0.2) is 16.7 Å². The highest BCUT2D eigenvalue weighted by Crippen LogP contribution is 2.34. The second-order valence-electron chi connectivity index (χ2n) is 8.09. The van der Waals surface area contributed by atoms with Gasteiger partial charge in [-0.05, 0) is 37.1 Å². The zero-order valence-corrected chi connectivity index (χ0v) is 19.4. The van der Waals surface area contributed by atoms with Crippen LogP contribution in [0.4, 0.5) is 5.69 Å². The fraction of sp³-hybridized carbons (Fsp3) is 0.375. The Labute approximate surface area is 196 Å². The Bertz CT molecular complexity index is 1160. The first-order chi connectivity index (χ1) is 16.3. The summed E-state index contributed by atoms with van der Waals surface area (Å²) >= 11 is 1.64. The van der Waals surface area contributed by atoms with Crippen molar-refractivity contribution in [3.8, 4) is 17.3 Å². The van der Waals surface area contributed by atoms with Gasteiger partial charge in [0.25, 0.3) is 0 Å². The van der Waals surface area contributed by atoms with Crippen LogP contribution in [-0.2, 0) is 12.3 Å². The van der Waals surface area contributed by atoms with E-state index >= 15 is 0 Å². The van der Waals surface area contributed by atoms with Crippen molar-refractivity contribution in [3.05, 3.63) is 60.2 Å². The van der Waals surface area contributed by atoms with Crippen LogP contribution >= 0.6 is 11.8 Å². The number of hydrogen-bond donors (Lipinski definition) is 1.